The van der Waals surface area contributed by atoms with E-state index >= 15 is 0 Å². The van der Waals surface area contributed by atoms with Gasteiger partial charge in [0.25, 0.3) is 0 Å². The highest BCUT2D eigenvalue weighted by Crippen LogP contribution is 2.30. The van der Waals surface area contributed by atoms with Gasteiger partial charge in [0.1, 0.15) is 18.0 Å². The number of rotatable bonds is 4. The largest absolute Gasteiger partial charge is 0.445 e. The third kappa shape index (κ3) is 5.85. The Morgan fingerprint density at radius 3 is 2.68 bits per heavy atom. The van der Waals surface area contributed by atoms with Gasteiger partial charge < -0.3 is 19.4 Å². The number of aromatic nitrogens is 1. The minimum atomic E-state index is -0.520. The van der Waals surface area contributed by atoms with E-state index in [1.165, 1.54) is 6.08 Å². The lowest BCUT2D eigenvalue weighted by atomic mass is 9.91. The van der Waals surface area contributed by atoms with Crippen LogP contribution in [0.1, 0.15) is 45.1 Å². The highest BCUT2D eigenvalue weighted by molar-refractivity contribution is 5.83. The minimum Gasteiger partial charge on any atom is -0.445 e. The van der Waals surface area contributed by atoms with Crippen molar-refractivity contribution in [3.05, 3.63) is 30.5 Å². The summed E-state index contributed by atoms with van der Waals surface area (Å²) in [5.41, 5.74) is 0.637. The summed E-state index contributed by atoms with van der Waals surface area (Å²) in [7, 11) is 0. The van der Waals surface area contributed by atoms with Crippen LogP contribution < -0.4 is 5.32 Å². The second-order valence-electron chi connectivity index (χ2n) is 7.10. The molecule has 0 aromatic carbocycles. The van der Waals surface area contributed by atoms with Gasteiger partial charge >= 0.3 is 12.2 Å². The normalized spacial score (nSPS) is 15.6. The average molecular weight is 349 g/mol. The Morgan fingerprint density at radius 2 is 2.08 bits per heavy atom. The van der Waals surface area contributed by atoms with Crippen molar-refractivity contribution in [3.8, 4) is 0 Å². The number of carbonyl (C=O) groups is 2. The Bertz CT molecular complexity index is 610. The van der Waals surface area contributed by atoms with Crippen LogP contribution in [0.2, 0.25) is 0 Å². The van der Waals surface area contributed by atoms with E-state index in [2.05, 4.69) is 16.9 Å². The van der Waals surface area contributed by atoms with Crippen LogP contribution >= 0.6 is 0 Å². The van der Waals surface area contributed by atoms with Gasteiger partial charge in [-0.3, -0.25) is 5.32 Å². The first kappa shape index (κ1) is 18.9. The van der Waals surface area contributed by atoms with E-state index in [1.54, 1.807) is 4.90 Å². The average Bonchev–Trinajstić information content (AvgIpc) is 3.00. The lowest BCUT2D eigenvalue weighted by Crippen LogP contribution is -2.41. The van der Waals surface area contributed by atoms with Crippen LogP contribution in [0.4, 0.5) is 15.4 Å². The van der Waals surface area contributed by atoms with Crippen LogP contribution in [-0.2, 0) is 9.47 Å². The van der Waals surface area contributed by atoms with Crippen molar-refractivity contribution in [2.75, 3.05) is 25.0 Å². The van der Waals surface area contributed by atoms with Crippen molar-refractivity contribution in [3.63, 3.8) is 0 Å². The van der Waals surface area contributed by atoms with E-state index < -0.39 is 11.7 Å². The smallest absolute Gasteiger partial charge is 0.413 e. The number of H-pyrrole nitrogens is 1. The number of anilines is 1. The zero-order chi connectivity index (χ0) is 18.4. The maximum atomic E-state index is 12.1. The van der Waals surface area contributed by atoms with Gasteiger partial charge in [-0.1, -0.05) is 12.7 Å². The number of likely N-dealkylation sites (tertiary alicyclic amines) is 1. The molecule has 1 saturated heterocycles. The van der Waals surface area contributed by atoms with E-state index in [9.17, 15) is 9.59 Å². The van der Waals surface area contributed by atoms with Crippen LogP contribution in [0, 0.1) is 0 Å². The fourth-order valence-corrected chi connectivity index (χ4v) is 2.72. The first-order valence-electron chi connectivity index (χ1n) is 8.49. The van der Waals surface area contributed by atoms with Crippen molar-refractivity contribution in [1.82, 2.24) is 9.88 Å². The van der Waals surface area contributed by atoms with Gasteiger partial charge in [-0.15, -0.1) is 0 Å². The molecule has 0 radical (unpaired) electrons. The number of carbonyl (C=O) groups excluding carboxylic acids is 2. The van der Waals surface area contributed by atoms with Crippen molar-refractivity contribution in [2.24, 2.45) is 0 Å². The maximum absolute atomic E-state index is 12.1. The number of amides is 2. The maximum Gasteiger partial charge on any atom is 0.413 e. The minimum absolute atomic E-state index is 0.169. The predicted molar refractivity (Wildman–Crippen MR) is 95.7 cm³/mol. The topological polar surface area (TPSA) is 83.7 Å². The van der Waals surface area contributed by atoms with Crippen molar-refractivity contribution in [1.29, 1.82) is 0 Å². The van der Waals surface area contributed by atoms with Crippen LogP contribution in [0.15, 0.2) is 24.9 Å². The summed E-state index contributed by atoms with van der Waals surface area (Å²) in [4.78, 5) is 28.4. The fourth-order valence-electron chi connectivity index (χ4n) is 2.72. The van der Waals surface area contributed by atoms with Crippen LogP contribution in [0.3, 0.4) is 0 Å². The van der Waals surface area contributed by atoms with Gasteiger partial charge in [-0.05, 0) is 51.2 Å². The van der Waals surface area contributed by atoms with Crippen LogP contribution in [-0.4, -0.2) is 47.4 Å². The summed E-state index contributed by atoms with van der Waals surface area (Å²) in [5, 5.41) is 2.64. The van der Waals surface area contributed by atoms with Crippen molar-refractivity contribution < 1.29 is 19.1 Å². The standard InChI is InChI=1S/C18H27N3O4/c1-5-10-24-16(22)20-15-11-14(12-19-15)13-6-8-21(9-7-13)17(23)25-18(2,3)4/h5,11-13,19H,1,6-10H2,2-4H3,(H,20,22). The number of hydrogen-bond donors (Lipinski definition) is 2. The highest BCUT2D eigenvalue weighted by atomic mass is 16.6. The Balaban J connectivity index is 1.84. The summed E-state index contributed by atoms with van der Waals surface area (Å²) in [6.45, 7) is 10.6. The molecular formula is C18H27N3O4. The molecule has 25 heavy (non-hydrogen) atoms. The van der Waals surface area contributed by atoms with Gasteiger partial charge in [0.15, 0.2) is 0 Å². The molecule has 1 aromatic rings. The lowest BCUT2D eigenvalue weighted by molar-refractivity contribution is 0.0205. The zero-order valence-electron chi connectivity index (χ0n) is 15.1. The molecule has 0 saturated carbocycles. The zero-order valence-corrected chi connectivity index (χ0v) is 15.1. The highest BCUT2D eigenvalue weighted by Gasteiger charge is 2.27. The van der Waals surface area contributed by atoms with Crippen LogP contribution in [0.25, 0.3) is 0 Å². The Hall–Kier alpha value is -2.44. The Kier molecular flexibility index (Phi) is 6.12. The van der Waals surface area contributed by atoms with Crippen LogP contribution in [0.5, 0.6) is 0 Å². The SMILES string of the molecule is C=CCOC(=O)Nc1cc(C2CCN(C(=O)OC(C)(C)C)CC2)c[nH]1. The molecule has 1 aliphatic rings. The summed E-state index contributed by atoms with van der Waals surface area (Å²) < 4.78 is 10.3. The third-order valence-electron chi connectivity index (χ3n) is 3.89. The second kappa shape index (κ2) is 8.09. The number of nitrogens with one attached hydrogen (secondary N) is 2. The van der Waals surface area contributed by atoms with E-state index in [0.717, 1.165) is 18.4 Å². The molecule has 1 fully saturated rings. The lowest BCUT2D eigenvalue weighted by Gasteiger charge is -2.33. The molecule has 0 atom stereocenters. The Labute approximate surface area is 148 Å². The molecule has 0 bridgehead atoms. The summed E-state index contributed by atoms with van der Waals surface area (Å²) in [5.74, 6) is 0.938. The fraction of sp³-hybridized carbons (Fsp3) is 0.556. The molecule has 0 aliphatic carbocycles. The molecule has 1 aliphatic heterocycles. The van der Waals surface area contributed by atoms with Crippen molar-refractivity contribution in [2.45, 2.75) is 45.1 Å². The third-order valence-corrected chi connectivity index (χ3v) is 3.89. The molecule has 2 amide bonds. The van der Waals surface area contributed by atoms with Gasteiger partial charge in [-0.2, -0.15) is 0 Å². The summed E-state index contributed by atoms with van der Waals surface area (Å²) in [6, 6.07) is 1.91. The molecule has 7 heteroatoms. The first-order valence-corrected chi connectivity index (χ1v) is 8.49. The predicted octanol–water partition coefficient (Wildman–Crippen LogP) is 3.86. The monoisotopic (exact) mass is 349 g/mol. The number of aromatic amines is 1. The molecule has 2 N–H and O–H groups in total. The molecule has 2 heterocycles. The Morgan fingerprint density at radius 1 is 1.40 bits per heavy atom. The van der Waals surface area contributed by atoms with E-state index in [4.69, 9.17) is 9.47 Å². The molecule has 0 unspecified atom stereocenters. The molecule has 7 nitrogen and oxygen atoms in total. The first-order chi connectivity index (χ1) is 11.8. The van der Waals surface area contributed by atoms with Gasteiger partial charge in [-0.25, -0.2) is 9.59 Å². The van der Waals surface area contributed by atoms with E-state index in [-0.39, 0.29) is 12.7 Å². The quantitative estimate of drug-likeness (QED) is 0.809. The number of nitrogens with zero attached hydrogens (tertiary/aromatic N) is 1. The molecule has 0 spiro atoms. The van der Waals surface area contributed by atoms with Gasteiger partial charge in [0.05, 0.1) is 0 Å². The molecule has 2 rings (SSSR count). The summed E-state index contributed by atoms with van der Waals surface area (Å²) in [6.07, 6.45) is 4.34. The number of piperidine rings is 1. The second-order valence-corrected chi connectivity index (χ2v) is 7.10. The van der Waals surface area contributed by atoms with Crippen molar-refractivity contribution >= 4 is 18.0 Å². The number of hydrogen-bond acceptors (Lipinski definition) is 4. The number of ether oxygens (including phenoxy) is 2. The van der Waals surface area contributed by atoms with E-state index in [1.807, 2.05) is 33.0 Å². The van der Waals surface area contributed by atoms with E-state index in [0.29, 0.717) is 24.8 Å². The molecular weight excluding hydrogens is 322 g/mol. The molecule has 1 aromatic heterocycles. The molecule has 138 valence electrons. The summed E-state index contributed by atoms with van der Waals surface area (Å²) >= 11 is 0. The van der Waals surface area contributed by atoms with Gasteiger partial charge in [0, 0.05) is 19.3 Å². The van der Waals surface area contributed by atoms with Gasteiger partial charge in [0.2, 0.25) is 0 Å².